The van der Waals surface area contributed by atoms with Crippen molar-refractivity contribution in [2.24, 2.45) is 0 Å². The van der Waals surface area contributed by atoms with Gasteiger partial charge in [0.2, 0.25) is 0 Å². The zero-order valence-electron chi connectivity index (χ0n) is 13.7. The Kier molecular flexibility index (Phi) is 5.78. The Morgan fingerprint density at radius 1 is 1.12 bits per heavy atom. The standard InChI is InChI=1S/C18H20N2O4/c1-3-23-18(22)15-10-9-13(19)11-16(15)20(2)17(21)12-24-14-7-5-4-6-8-14/h4-11H,3,12,19H2,1-2H3. The van der Waals surface area contributed by atoms with Crippen molar-refractivity contribution in [2.45, 2.75) is 6.92 Å². The molecule has 6 nitrogen and oxygen atoms in total. The van der Waals surface area contributed by atoms with Crippen LogP contribution in [0.15, 0.2) is 48.5 Å². The average molecular weight is 328 g/mol. The fourth-order valence-electron chi connectivity index (χ4n) is 2.10. The summed E-state index contributed by atoms with van der Waals surface area (Å²) in [6, 6.07) is 13.7. The maximum absolute atomic E-state index is 12.4. The minimum Gasteiger partial charge on any atom is -0.484 e. The molecule has 1 amide bonds. The number of para-hydroxylation sites is 1. The van der Waals surface area contributed by atoms with Crippen LogP contribution in [0.2, 0.25) is 0 Å². The Morgan fingerprint density at radius 3 is 2.50 bits per heavy atom. The molecular formula is C18H20N2O4. The molecule has 126 valence electrons. The van der Waals surface area contributed by atoms with Crippen LogP contribution in [0, 0.1) is 0 Å². The van der Waals surface area contributed by atoms with Gasteiger partial charge >= 0.3 is 5.97 Å². The number of nitrogen functional groups attached to an aromatic ring is 1. The second kappa shape index (κ2) is 8.01. The summed E-state index contributed by atoms with van der Waals surface area (Å²) in [7, 11) is 1.56. The minimum atomic E-state index is -0.504. The van der Waals surface area contributed by atoms with E-state index >= 15 is 0 Å². The lowest BCUT2D eigenvalue weighted by Crippen LogP contribution is -2.32. The quantitative estimate of drug-likeness (QED) is 0.651. The monoisotopic (exact) mass is 328 g/mol. The molecule has 2 N–H and O–H groups in total. The van der Waals surface area contributed by atoms with Crippen molar-refractivity contribution in [3.05, 3.63) is 54.1 Å². The molecule has 0 aromatic heterocycles. The highest BCUT2D eigenvalue weighted by Crippen LogP contribution is 2.24. The summed E-state index contributed by atoms with van der Waals surface area (Å²) < 4.78 is 10.5. The molecule has 0 atom stereocenters. The summed E-state index contributed by atoms with van der Waals surface area (Å²) in [5.41, 5.74) is 6.89. The number of nitrogens with zero attached hydrogens (tertiary/aromatic N) is 1. The summed E-state index contributed by atoms with van der Waals surface area (Å²) in [5.74, 6) is -0.219. The largest absolute Gasteiger partial charge is 0.484 e. The van der Waals surface area contributed by atoms with Crippen molar-refractivity contribution in [3.8, 4) is 5.75 Å². The Hall–Kier alpha value is -3.02. The smallest absolute Gasteiger partial charge is 0.340 e. The van der Waals surface area contributed by atoms with Gasteiger partial charge in [0.05, 0.1) is 17.9 Å². The van der Waals surface area contributed by atoms with Gasteiger partial charge in [-0.15, -0.1) is 0 Å². The van der Waals surface area contributed by atoms with E-state index in [1.807, 2.05) is 18.2 Å². The highest BCUT2D eigenvalue weighted by atomic mass is 16.5. The number of likely N-dealkylation sites (N-methyl/N-ethyl adjacent to an activating group) is 1. The van der Waals surface area contributed by atoms with Crippen LogP contribution in [-0.4, -0.2) is 32.1 Å². The zero-order valence-corrected chi connectivity index (χ0v) is 13.7. The van der Waals surface area contributed by atoms with E-state index in [1.54, 1.807) is 44.3 Å². The number of rotatable bonds is 6. The van der Waals surface area contributed by atoms with Gasteiger partial charge in [-0.1, -0.05) is 18.2 Å². The molecule has 0 heterocycles. The summed E-state index contributed by atoms with van der Waals surface area (Å²) in [5, 5.41) is 0. The third-order valence-corrected chi connectivity index (χ3v) is 3.36. The Balaban J connectivity index is 2.15. The summed E-state index contributed by atoms with van der Waals surface area (Å²) in [4.78, 5) is 25.8. The van der Waals surface area contributed by atoms with Crippen molar-refractivity contribution >= 4 is 23.3 Å². The molecule has 0 unspecified atom stereocenters. The topological polar surface area (TPSA) is 81.9 Å². The molecule has 24 heavy (non-hydrogen) atoms. The number of ether oxygens (including phenoxy) is 2. The second-order valence-electron chi connectivity index (χ2n) is 5.05. The number of carbonyl (C=O) groups is 2. The summed E-state index contributed by atoms with van der Waals surface area (Å²) in [6.07, 6.45) is 0. The molecule has 0 saturated carbocycles. The molecule has 0 aliphatic carbocycles. The van der Waals surface area contributed by atoms with E-state index in [-0.39, 0.29) is 24.7 Å². The van der Waals surface area contributed by atoms with Gasteiger partial charge in [0.1, 0.15) is 5.75 Å². The summed E-state index contributed by atoms with van der Waals surface area (Å²) in [6.45, 7) is 1.81. The predicted molar refractivity (Wildman–Crippen MR) is 92.2 cm³/mol. The van der Waals surface area contributed by atoms with Gasteiger partial charge in [0, 0.05) is 12.7 Å². The van der Waals surface area contributed by atoms with Gasteiger partial charge in [-0.05, 0) is 37.3 Å². The lowest BCUT2D eigenvalue weighted by molar-refractivity contribution is -0.120. The Labute approximate surface area is 140 Å². The molecule has 0 aliphatic heterocycles. The normalized spacial score (nSPS) is 10.1. The minimum absolute atomic E-state index is 0.155. The summed E-state index contributed by atoms with van der Waals surface area (Å²) >= 11 is 0. The number of esters is 1. The van der Waals surface area contributed by atoms with Crippen LogP contribution in [-0.2, 0) is 9.53 Å². The van der Waals surface area contributed by atoms with Crippen molar-refractivity contribution < 1.29 is 19.1 Å². The number of nitrogens with two attached hydrogens (primary N) is 1. The van der Waals surface area contributed by atoms with Crippen molar-refractivity contribution in [1.29, 1.82) is 0 Å². The fraction of sp³-hybridized carbons (Fsp3) is 0.222. The van der Waals surface area contributed by atoms with Crippen molar-refractivity contribution in [1.82, 2.24) is 0 Å². The van der Waals surface area contributed by atoms with E-state index in [0.717, 1.165) is 0 Å². The second-order valence-corrected chi connectivity index (χ2v) is 5.05. The van der Waals surface area contributed by atoms with Gasteiger partial charge in [0.15, 0.2) is 6.61 Å². The molecular weight excluding hydrogens is 308 g/mol. The number of benzene rings is 2. The highest BCUT2D eigenvalue weighted by molar-refractivity contribution is 6.03. The molecule has 0 saturated heterocycles. The first-order chi connectivity index (χ1) is 11.5. The highest BCUT2D eigenvalue weighted by Gasteiger charge is 2.20. The molecule has 0 bridgehead atoms. The SMILES string of the molecule is CCOC(=O)c1ccc(N)cc1N(C)C(=O)COc1ccccc1. The van der Waals surface area contributed by atoms with E-state index < -0.39 is 5.97 Å². The molecule has 0 fully saturated rings. The van der Waals surface area contributed by atoms with E-state index in [9.17, 15) is 9.59 Å². The van der Waals surface area contributed by atoms with E-state index in [1.165, 1.54) is 4.90 Å². The molecule has 6 heteroatoms. The number of anilines is 2. The molecule has 0 aliphatic rings. The Morgan fingerprint density at radius 2 is 1.83 bits per heavy atom. The van der Waals surface area contributed by atoms with Crippen LogP contribution in [0.1, 0.15) is 17.3 Å². The Bertz CT molecular complexity index is 716. The lowest BCUT2D eigenvalue weighted by atomic mass is 10.1. The number of hydrogen-bond acceptors (Lipinski definition) is 5. The van der Waals surface area contributed by atoms with Gasteiger partial charge in [0.25, 0.3) is 5.91 Å². The van der Waals surface area contributed by atoms with Crippen LogP contribution in [0.4, 0.5) is 11.4 Å². The van der Waals surface area contributed by atoms with Gasteiger partial charge in [-0.25, -0.2) is 4.79 Å². The van der Waals surface area contributed by atoms with Crippen LogP contribution in [0.3, 0.4) is 0 Å². The first-order valence-corrected chi connectivity index (χ1v) is 7.54. The number of carbonyl (C=O) groups excluding carboxylic acids is 2. The average Bonchev–Trinajstić information content (AvgIpc) is 2.60. The van der Waals surface area contributed by atoms with Crippen molar-refractivity contribution in [2.75, 3.05) is 30.9 Å². The van der Waals surface area contributed by atoms with Crippen LogP contribution < -0.4 is 15.4 Å². The molecule has 2 rings (SSSR count). The van der Waals surface area contributed by atoms with E-state index in [4.69, 9.17) is 15.2 Å². The van der Waals surface area contributed by atoms with E-state index in [2.05, 4.69) is 0 Å². The van der Waals surface area contributed by atoms with Crippen molar-refractivity contribution in [3.63, 3.8) is 0 Å². The van der Waals surface area contributed by atoms with Gasteiger partial charge in [-0.3, -0.25) is 4.79 Å². The predicted octanol–water partition coefficient (Wildman–Crippen LogP) is 2.49. The maximum atomic E-state index is 12.4. The molecule has 2 aromatic carbocycles. The maximum Gasteiger partial charge on any atom is 0.340 e. The van der Waals surface area contributed by atoms with E-state index in [0.29, 0.717) is 17.1 Å². The van der Waals surface area contributed by atoms with Crippen LogP contribution in [0.5, 0.6) is 5.75 Å². The zero-order chi connectivity index (χ0) is 17.5. The van der Waals surface area contributed by atoms with Crippen LogP contribution >= 0.6 is 0 Å². The van der Waals surface area contributed by atoms with Gasteiger partial charge in [-0.2, -0.15) is 0 Å². The molecule has 0 spiro atoms. The number of hydrogen-bond donors (Lipinski definition) is 1. The first kappa shape index (κ1) is 17.3. The third-order valence-electron chi connectivity index (χ3n) is 3.36. The fourth-order valence-corrected chi connectivity index (χ4v) is 2.10. The lowest BCUT2D eigenvalue weighted by Gasteiger charge is -2.20. The van der Waals surface area contributed by atoms with Gasteiger partial charge < -0.3 is 20.1 Å². The third kappa shape index (κ3) is 4.25. The first-order valence-electron chi connectivity index (χ1n) is 7.54. The molecule has 2 aromatic rings. The number of amides is 1. The van der Waals surface area contributed by atoms with Crippen LogP contribution in [0.25, 0.3) is 0 Å². The molecule has 0 radical (unpaired) electrons.